The van der Waals surface area contributed by atoms with E-state index in [4.69, 9.17) is 18.8 Å². The third-order valence-electron chi connectivity index (χ3n) is 4.01. The van der Waals surface area contributed by atoms with E-state index in [1.54, 1.807) is 6.07 Å². The average molecular weight is 282 g/mol. The smallest absolute Gasteiger partial charge is 0.493 e. The van der Waals surface area contributed by atoms with Crippen LogP contribution in [0, 0.1) is 5.82 Å². The molecule has 1 aliphatic heterocycles. The molecule has 0 bridgehead atoms. The molecule has 20 heavy (non-hydrogen) atoms. The Balaban J connectivity index is 2.40. The van der Waals surface area contributed by atoms with Crippen LogP contribution in [0.1, 0.15) is 27.7 Å². The van der Waals surface area contributed by atoms with E-state index in [0.717, 1.165) is 0 Å². The summed E-state index contributed by atoms with van der Waals surface area (Å²) in [6.07, 6.45) is 0. The normalized spacial score (nSPS) is 20.1. The first-order valence-electron chi connectivity index (χ1n) is 6.49. The third-order valence-corrected chi connectivity index (χ3v) is 4.01. The lowest BCUT2D eigenvalue weighted by atomic mass is 9.78. The molecule has 1 fully saturated rings. The fourth-order valence-electron chi connectivity index (χ4n) is 2.02. The number of halogens is 1. The summed E-state index contributed by atoms with van der Waals surface area (Å²) in [5.41, 5.74) is -0.726. The average Bonchev–Trinajstić information content (AvgIpc) is 2.57. The first-order valence-corrected chi connectivity index (χ1v) is 6.49. The topological polar surface area (TPSA) is 36.9 Å². The summed E-state index contributed by atoms with van der Waals surface area (Å²) in [5, 5.41) is 0. The van der Waals surface area contributed by atoms with Crippen molar-refractivity contribution in [1.82, 2.24) is 0 Å². The summed E-state index contributed by atoms with van der Waals surface area (Å²) < 4.78 is 36.2. The summed E-state index contributed by atoms with van der Waals surface area (Å²) in [7, 11) is 2.20. The van der Waals surface area contributed by atoms with Gasteiger partial charge in [0.2, 0.25) is 0 Å². The van der Waals surface area contributed by atoms with Gasteiger partial charge in [-0.1, -0.05) is 0 Å². The van der Waals surface area contributed by atoms with Crippen molar-refractivity contribution in [3.05, 3.63) is 17.9 Å². The van der Waals surface area contributed by atoms with E-state index < -0.39 is 24.1 Å². The van der Waals surface area contributed by atoms with Gasteiger partial charge >= 0.3 is 7.12 Å². The van der Waals surface area contributed by atoms with E-state index in [-0.39, 0.29) is 0 Å². The van der Waals surface area contributed by atoms with Crippen molar-refractivity contribution in [3.63, 3.8) is 0 Å². The highest BCUT2D eigenvalue weighted by Crippen LogP contribution is 2.37. The molecule has 0 aliphatic carbocycles. The molecule has 0 atom stereocenters. The van der Waals surface area contributed by atoms with Crippen LogP contribution in [-0.2, 0) is 9.31 Å². The molecule has 1 saturated heterocycles. The Morgan fingerprint density at radius 2 is 1.40 bits per heavy atom. The van der Waals surface area contributed by atoms with Gasteiger partial charge in [-0.2, -0.15) is 0 Å². The van der Waals surface area contributed by atoms with Crippen molar-refractivity contribution in [3.8, 4) is 11.5 Å². The molecule has 0 unspecified atom stereocenters. The molecule has 0 radical (unpaired) electrons. The lowest BCUT2D eigenvalue weighted by Gasteiger charge is -2.32. The van der Waals surface area contributed by atoms with Crippen molar-refractivity contribution < 1.29 is 23.2 Å². The zero-order valence-corrected chi connectivity index (χ0v) is 12.7. The maximum absolute atomic E-state index is 14.2. The molecule has 2 rings (SSSR count). The second-order valence-electron chi connectivity index (χ2n) is 5.82. The van der Waals surface area contributed by atoms with Crippen LogP contribution in [0.4, 0.5) is 4.39 Å². The predicted molar refractivity (Wildman–Crippen MR) is 75.2 cm³/mol. The molecule has 0 saturated carbocycles. The van der Waals surface area contributed by atoms with Gasteiger partial charge in [-0.25, -0.2) is 4.39 Å². The Morgan fingerprint density at radius 3 is 1.85 bits per heavy atom. The van der Waals surface area contributed by atoms with Gasteiger partial charge in [0.05, 0.1) is 25.4 Å². The minimum atomic E-state index is -0.764. The van der Waals surface area contributed by atoms with Crippen LogP contribution >= 0.6 is 0 Å². The molecule has 1 aromatic rings. The van der Waals surface area contributed by atoms with Crippen LogP contribution in [0.15, 0.2) is 12.1 Å². The fourth-order valence-corrected chi connectivity index (χ4v) is 2.02. The van der Waals surface area contributed by atoms with Gasteiger partial charge in [0.15, 0.2) is 11.5 Å². The monoisotopic (exact) mass is 282 g/mol. The van der Waals surface area contributed by atoms with Crippen molar-refractivity contribution in [2.75, 3.05) is 14.2 Å². The zero-order chi connectivity index (χ0) is 15.1. The summed E-state index contributed by atoms with van der Waals surface area (Å²) in [6.45, 7) is 7.69. The maximum Gasteiger partial charge on any atom is 0.497 e. The summed E-state index contributed by atoms with van der Waals surface area (Å²) in [4.78, 5) is 0. The zero-order valence-electron chi connectivity index (χ0n) is 12.7. The minimum absolute atomic E-state index is 0.307. The van der Waals surface area contributed by atoms with E-state index in [9.17, 15) is 4.39 Å². The van der Waals surface area contributed by atoms with Crippen molar-refractivity contribution in [1.29, 1.82) is 0 Å². The van der Waals surface area contributed by atoms with E-state index >= 15 is 0 Å². The van der Waals surface area contributed by atoms with Crippen LogP contribution < -0.4 is 14.9 Å². The molecule has 110 valence electrons. The first kappa shape index (κ1) is 15.1. The molecule has 1 heterocycles. The van der Waals surface area contributed by atoms with E-state index in [2.05, 4.69) is 0 Å². The summed E-state index contributed by atoms with van der Waals surface area (Å²) in [5.74, 6) is 0.338. The van der Waals surface area contributed by atoms with Crippen molar-refractivity contribution in [2.45, 2.75) is 38.9 Å². The molecular formula is C14H20BFO4. The number of hydrogen-bond acceptors (Lipinski definition) is 4. The van der Waals surface area contributed by atoms with Gasteiger partial charge in [-0.15, -0.1) is 0 Å². The van der Waals surface area contributed by atoms with Crippen LogP contribution in [0.2, 0.25) is 0 Å². The quantitative estimate of drug-likeness (QED) is 0.796. The van der Waals surface area contributed by atoms with Gasteiger partial charge in [-0.05, 0) is 33.8 Å². The highest BCUT2D eigenvalue weighted by atomic mass is 19.1. The molecule has 1 aromatic carbocycles. The summed E-state index contributed by atoms with van der Waals surface area (Å²) in [6, 6.07) is 2.83. The minimum Gasteiger partial charge on any atom is -0.493 e. The van der Waals surface area contributed by atoms with Gasteiger partial charge in [0, 0.05) is 11.5 Å². The molecule has 0 aromatic heterocycles. The second-order valence-corrected chi connectivity index (χ2v) is 5.82. The van der Waals surface area contributed by atoms with E-state index in [0.29, 0.717) is 17.0 Å². The highest BCUT2D eigenvalue weighted by molar-refractivity contribution is 6.62. The number of benzene rings is 1. The first-order chi connectivity index (χ1) is 9.21. The SMILES string of the molecule is COc1cc(F)c(B2OC(C)(C)C(C)(C)O2)cc1OC. The van der Waals surface area contributed by atoms with Crippen molar-refractivity contribution >= 4 is 12.6 Å². The highest BCUT2D eigenvalue weighted by Gasteiger charge is 2.52. The standard InChI is InChI=1S/C14H20BFO4/c1-13(2)14(3,4)20-15(19-13)9-7-11(17-5)12(18-6)8-10(9)16/h7-8H,1-6H3. The van der Waals surface area contributed by atoms with Gasteiger partial charge in [-0.3, -0.25) is 0 Å². The molecule has 4 nitrogen and oxygen atoms in total. The Bertz CT molecular complexity index is 500. The van der Waals surface area contributed by atoms with E-state index in [1.807, 2.05) is 27.7 Å². The number of ether oxygens (including phenoxy) is 2. The number of hydrogen-bond donors (Lipinski definition) is 0. The molecule has 0 amide bonds. The van der Waals surface area contributed by atoms with Gasteiger partial charge in [0.25, 0.3) is 0 Å². The maximum atomic E-state index is 14.2. The Morgan fingerprint density at radius 1 is 0.950 bits per heavy atom. The van der Waals surface area contributed by atoms with Crippen LogP contribution in [0.25, 0.3) is 0 Å². The lowest BCUT2D eigenvalue weighted by Crippen LogP contribution is -2.41. The Hall–Kier alpha value is -1.27. The second kappa shape index (κ2) is 4.93. The number of rotatable bonds is 3. The molecule has 0 N–H and O–H groups in total. The Kier molecular flexibility index (Phi) is 3.73. The Labute approximate surface area is 119 Å². The van der Waals surface area contributed by atoms with Crippen LogP contribution in [-0.4, -0.2) is 32.5 Å². The van der Waals surface area contributed by atoms with E-state index in [1.165, 1.54) is 20.3 Å². The van der Waals surface area contributed by atoms with Gasteiger partial charge in [0.1, 0.15) is 5.82 Å². The van der Waals surface area contributed by atoms with Crippen LogP contribution in [0.3, 0.4) is 0 Å². The third kappa shape index (κ3) is 2.38. The molecule has 1 aliphatic rings. The van der Waals surface area contributed by atoms with Crippen molar-refractivity contribution in [2.24, 2.45) is 0 Å². The van der Waals surface area contributed by atoms with Crippen LogP contribution in [0.5, 0.6) is 11.5 Å². The lowest BCUT2D eigenvalue weighted by molar-refractivity contribution is 0.00578. The van der Waals surface area contributed by atoms with Gasteiger partial charge < -0.3 is 18.8 Å². The number of methoxy groups -OCH3 is 2. The molecule has 6 heteroatoms. The molecule has 0 spiro atoms. The predicted octanol–water partition coefficient (Wildman–Crippen LogP) is 2.14. The summed E-state index contributed by atoms with van der Waals surface area (Å²) >= 11 is 0. The molecular weight excluding hydrogens is 262 g/mol. The largest absolute Gasteiger partial charge is 0.497 e. The fraction of sp³-hybridized carbons (Fsp3) is 0.571.